The molecule has 3 N–H and O–H groups in total. The van der Waals surface area contributed by atoms with Gasteiger partial charge in [0.2, 0.25) is 0 Å². The van der Waals surface area contributed by atoms with Gasteiger partial charge in [-0.15, -0.1) is 12.4 Å². The molecule has 1 saturated carbocycles. The van der Waals surface area contributed by atoms with Gasteiger partial charge in [-0.1, -0.05) is 38.1 Å². The lowest BCUT2D eigenvalue weighted by Gasteiger charge is -2.16. The number of pyridine rings is 1. The van der Waals surface area contributed by atoms with Crippen LogP contribution in [0.2, 0.25) is 0 Å². The molecule has 0 spiro atoms. The predicted octanol–water partition coefficient (Wildman–Crippen LogP) is 4.95. The first kappa shape index (κ1) is 20.1. The number of hydrogen-bond acceptors (Lipinski definition) is 5. The Morgan fingerprint density at radius 2 is 2.00 bits per heavy atom. The molecule has 1 aliphatic rings. The van der Waals surface area contributed by atoms with Gasteiger partial charge in [-0.3, -0.25) is 4.79 Å². The predicted molar refractivity (Wildman–Crippen MR) is 113 cm³/mol. The van der Waals surface area contributed by atoms with Crippen molar-refractivity contribution < 1.29 is 9.32 Å². The van der Waals surface area contributed by atoms with Crippen molar-refractivity contribution in [1.29, 1.82) is 0 Å². The van der Waals surface area contributed by atoms with Gasteiger partial charge in [0.05, 0.1) is 28.0 Å². The summed E-state index contributed by atoms with van der Waals surface area (Å²) in [5, 5.41) is 7.85. The molecule has 1 fully saturated rings. The molecule has 1 amide bonds. The first-order chi connectivity index (χ1) is 12.8. The van der Waals surface area contributed by atoms with Gasteiger partial charge in [0.1, 0.15) is 0 Å². The quantitative estimate of drug-likeness (QED) is 0.604. The van der Waals surface area contributed by atoms with Gasteiger partial charge in [-0.05, 0) is 42.9 Å². The van der Waals surface area contributed by atoms with Crippen molar-refractivity contribution in [3.8, 4) is 0 Å². The fourth-order valence-corrected chi connectivity index (χ4v) is 3.22. The Kier molecular flexibility index (Phi) is 5.35. The molecule has 2 aromatic heterocycles. The molecule has 1 aliphatic carbocycles. The van der Waals surface area contributed by atoms with Gasteiger partial charge < -0.3 is 15.6 Å². The number of nitrogens with one attached hydrogen (secondary N) is 1. The highest BCUT2D eigenvalue weighted by Crippen LogP contribution is 2.41. The fraction of sp³-hybridized carbons (Fsp3) is 0.381. The molecule has 0 bridgehead atoms. The zero-order valence-corrected chi connectivity index (χ0v) is 17.1. The van der Waals surface area contributed by atoms with Crippen molar-refractivity contribution >= 4 is 40.8 Å². The van der Waals surface area contributed by atoms with Crippen molar-refractivity contribution in [3.63, 3.8) is 0 Å². The van der Waals surface area contributed by atoms with E-state index in [-0.39, 0.29) is 23.7 Å². The molecule has 28 heavy (non-hydrogen) atoms. The van der Waals surface area contributed by atoms with Crippen LogP contribution in [0.15, 0.2) is 34.9 Å². The van der Waals surface area contributed by atoms with E-state index < -0.39 is 0 Å². The molecule has 4 rings (SSSR count). The molecule has 3 aromatic rings. The summed E-state index contributed by atoms with van der Waals surface area (Å²) in [6.07, 6.45) is 2.88. The normalized spacial score (nSPS) is 14.0. The average molecular weight is 401 g/mol. The number of nitrogens with two attached hydrogens (primary N) is 1. The number of rotatable bonds is 4. The van der Waals surface area contributed by atoms with Crippen LogP contribution in [-0.4, -0.2) is 16.0 Å². The van der Waals surface area contributed by atoms with E-state index in [0.717, 1.165) is 24.2 Å². The van der Waals surface area contributed by atoms with Crippen LogP contribution in [0.25, 0.3) is 11.1 Å². The number of aromatic nitrogens is 2. The third kappa shape index (κ3) is 4.12. The molecule has 0 radical (unpaired) electrons. The summed E-state index contributed by atoms with van der Waals surface area (Å²) in [7, 11) is 0. The zero-order valence-electron chi connectivity index (χ0n) is 16.3. The number of amides is 1. The maximum atomic E-state index is 13.1. The topological polar surface area (TPSA) is 94.0 Å². The van der Waals surface area contributed by atoms with E-state index in [2.05, 4.69) is 36.2 Å². The number of hydrogen-bond donors (Lipinski definition) is 2. The molecular formula is C21H25ClN4O2. The number of nitrogens with zero attached hydrogens (tertiary/aromatic N) is 2. The van der Waals surface area contributed by atoms with Gasteiger partial charge in [0.25, 0.3) is 11.6 Å². The molecule has 7 heteroatoms. The van der Waals surface area contributed by atoms with Gasteiger partial charge >= 0.3 is 0 Å². The smallest absolute Gasteiger partial charge is 0.259 e. The molecule has 0 aliphatic heterocycles. The van der Waals surface area contributed by atoms with E-state index in [9.17, 15) is 4.79 Å². The summed E-state index contributed by atoms with van der Waals surface area (Å²) in [6.45, 7) is 6.39. The van der Waals surface area contributed by atoms with Crippen LogP contribution in [0, 0.1) is 5.41 Å². The lowest BCUT2D eigenvalue weighted by Crippen LogP contribution is -2.16. The molecule has 1 aromatic carbocycles. The Morgan fingerprint density at radius 3 is 2.64 bits per heavy atom. The number of benzene rings is 1. The molecule has 6 nitrogen and oxygen atoms in total. The minimum absolute atomic E-state index is 0. The van der Waals surface area contributed by atoms with Crippen LogP contribution in [0.5, 0.6) is 0 Å². The summed E-state index contributed by atoms with van der Waals surface area (Å²) < 4.78 is 5.51. The van der Waals surface area contributed by atoms with Crippen molar-refractivity contribution in [1.82, 2.24) is 10.1 Å². The van der Waals surface area contributed by atoms with Crippen LogP contribution in [0.1, 0.15) is 61.3 Å². The monoisotopic (exact) mass is 400 g/mol. The van der Waals surface area contributed by atoms with Crippen LogP contribution >= 0.6 is 12.4 Å². The van der Waals surface area contributed by atoms with E-state index in [0.29, 0.717) is 40.4 Å². The molecule has 0 atom stereocenters. The number of anilines is 2. The SMILES string of the molecule is CC(C)(C)Cc1noc2nc(C3CC3)cc(C(=O)Nc3ccccc3N)c12.Cl. The number of para-hydroxylation sites is 2. The third-order valence-corrected chi connectivity index (χ3v) is 4.68. The second-order valence-electron chi connectivity index (χ2n) is 8.46. The van der Waals surface area contributed by atoms with Crippen LogP contribution < -0.4 is 11.1 Å². The summed E-state index contributed by atoms with van der Waals surface area (Å²) in [4.78, 5) is 17.7. The minimum atomic E-state index is -0.222. The molecule has 2 heterocycles. The van der Waals surface area contributed by atoms with E-state index in [1.54, 1.807) is 12.1 Å². The number of carbonyl (C=O) groups is 1. The highest BCUT2D eigenvalue weighted by atomic mass is 35.5. The lowest BCUT2D eigenvalue weighted by atomic mass is 9.89. The Bertz CT molecular complexity index is 1020. The van der Waals surface area contributed by atoms with Crippen LogP contribution in [0.4, 0.5) is 11.4 Å². The molecule has 0 saturated heterocycles. The van der Waals surface area contributed by atoms with Crippen LogP contribution in [0.3, 0.4) is 0 Å². The lowest BCUT2D eigenvalue weighted by molar-refractivity contribution is 0.102. The zero-order chi connectivity index (χ0) is 19.2. The third-order valence-electron chi connectivity index (χ3n) is 4.68. The highest BCUT2D eigenvalue weighted by molar-refractivity contribution is 6.13. The summed E-state index contributed by atoms with van der Waals surface area (Å²) in [5.41, 5.74) is 9.75. The Balaban J connectivity index is 0.00000225. The largest absolute Gasteiger partial charge is 0.397 e. The van der Waals surface area contributed by atoms with E-state index in [1.807, 2.05) is 18.2 Å². The standard InChI is InChI=1S/C21H24N4O2.ClH/c1-21(2,3)11-17-18-13(19(26)23-15-7-5-4-6-14(15)22)10-16(12-8-9-12)24-20(18)27-25-17;/h4-7,10,12H,8-9,11,22H2,1-3H3,(H,23,26);1H. The van der Waals surface area contributed by atoms with Crippen molar-refractivity contribution in [2.45, 2.75) is 46.0 Å². The van der Waals surface area contributed by atoms with Gasteiger partial charge in [-0.25, -0.2) is 4.98 Å². The summed E-state index contributed by atoms with van der Waals surface area (Å²) in [5.74, 6) is 0.180. The second-order valence-corrected chi connectivity index (χ2v) is 8.46. The second kappa shape index (κ2) is 7.43. The first-order valence-corrected chi connectivity index (χ1v) is 9.27. The summed E-state index contributed by atoms with van der Waals surface area (Å²) in [6, 6.07) is 9.11. The maximum absolute atomic E-state index is 13.1. The van der Waals surface area contributed by atoms with Crippen molar-refractivity contribution in [2.75, 3.05) is 11.1 Å². The molecular weight excluding hydrogens is 376 g/mol. The van der Waals surface area contributed by atoms with Gasteiger partial charge in [0.15, 0.2) is 0 Å². The number of fused-ring (bicyclic) bond motifs is 1. The van der Waals surface area contributed by atoms with E-state index in [1.165, 1.54) is 0 Å². The molecule has 0 unspecified atom stereocenters. The van der Waals surface area contributed by atoms with E-state index >= 15 is 0 Å². The van der Waals surface area contributed by atoms with Crippen molar-refractivity contribution in [3.05, 3.63) is 47.3 Å². The minimum Gasteiger partial charge on any atom is -0.397 e. The Labute approximate surface area is 170 Å². The number of carbonyl (C=O) groups excluding carboxylic acids is 1. The van der Waals surface area contributed by atoms with Crippen molar-refractivity contribution in [2.24, 2.45) is 5.41 Å². The van der Waals surface area contributed by atoms with E-state index in [4.69, 9.17) is 10.3 Å². The van der Waals surface area contributed by atoms with Crippen LogP contribution in [-0.2, 0) is 6.42 Å². The Hall–Kier alpha value is -2.60. The molecule has 148 valence electrons. The Morgan fingerprint density at radius 1 is 1.29 bits per heavy atom. The van der Waals surface area contributed by atoms with Gasteiger partial charge in [0, 0.05) is 11.6 Å². The number of halogens is 1. The first-order valence-electron chi connectivity index (χ1n) is 9.27. The fourth-order valence-electron chi connectivity index (χ4n) is 3.22. The average Bonchev–Trinajstić information content (AvgIpc) is 3.38. The van der Waals surface area contributed by atoms with Gasteiger partial charge in [-0.2, -0.15) is 0 Å². The highest BCUT2D eigenvalue weighted by Gasteiger charge is 2.30. The summed E-state index contributed by atoms with van der Waals surface area (Å²) >= 11 is 0. The number of nitrogen functional groups attached to an aromatic ring is 1. The maximum Gasteiger partial charge on any atom is 0.259 e.